The van der Waals surface area contributed by atoms with Crippen LogP contribution in [0.3, 0.4) is 0 Å². The number of pyridine rings is 2. The summed E-state index contributed by atoms with van der Waals surface area (Å²) in [5.74, 6) is 6.58. The van der Waals surface area contributed by atoms with Crippen LogP contribution in [0, 0.1) is 11.8 Å². The molecule has 11 heteroatoms. The summed E-state index contributed by atoms with van der Waals surface area (Å²) in [5.41, 5.74) is 13.3. The lowest BCUT2D eigenvalue weighted by molar-refractivity contribution is 0.143. The van der Waals surface area contributed by atoms with Crippen molar-refractivity contribution in [1.29, 1.82) is 0 Å². The average molecular weight is 448 g/mol. The molecule has 0 bridgehead atoms. The van der Waals surface area contributed by atoms with Crippen molar-refractivity contribution in [2.75, 3.05) is 12.3 Å². The standard InChI is InChI=1S/C22H24N8O3/c1-4-30-15-10-17(32-16(11-23)13-6-5-9-25-12-13)26-14(7-8-22(2,3)31)18(15)27-21(30)19-20(24)29-33-28-19/h5-6,9-10,12,16,31H,4,11,23H2,1-3H3,(H2,24,29). The van der Waals surface area contributed by atoms with E-state index in [1.807, 2.05) is 23.6 Å². The molecule has 4 rings (SSSR count). The van der Waals surface area contributed by atoms with Crippen LogP contribution in [0.4, 0.5) is 5.82 Å². The van der Waals surface area contributed by atoms with Crippen molar-refractivity contribution in [1.82, 2.24) is 29.8 Å². The minimum atomic E-state index is -1.23. The van der Waals surface area contributed by atoms with Crippen LogP contribution in [0.1, 0.15) is 38.1 Å². The zero-order chi connectivity index (χ0) is 23.6. The number of nitrogens with zero attached hydrogens (tertiary/aromatic N) is 6. The number of aromatic nitrogens is 6. The second kappa shape index (κ2) is 8.85. The summed E-state index contributed by atoms with van der Waals surface area (Å²) in [6.07, 6.45) is 2.91. The van der Waals surface area contributed by atoms with Crippen LogP contribution in [0.2, 0.25) is 0 Å². The third kappa shape index (κ3) is 4.62. The molecule has 170 valence electrons. The average Bonchev–Trinajstić information content (AvgIpc) is 3.38. The van der Waals surface area contributed by atoms with Crippen molar-refractivity contribution in [2.45, 2.75) is 39.0 Å². The molecular weight excluding hydrogens is 424 g/mol. The highest BCUT2D eigenvalue weighted by Crippen LogP contribution is 2.31. The zero-order valence-corrected chi connectivity index (χ0v) is 18.5. The maximum atomic E-state index is 10.1. The Kier molecular flexibility index (Phi) is 5.95. The molecule has 4 heterocycles. The summed E-state index contributed by atoms with van der Waals surface area (Å²) >= 11 is 0. The lowest BCUT2D eigenvalue weighted by atomic mass is 10.1. The summed E-state index contributed by atoms with van der Waals surface area (Å²) in [6, 6.07) is 5.45. The van der Waals surface area contributed by atoms with E-state index in [1.54, 1.807) is 32.3 Å². The van der Waals surface area contributed by atoms with E-state index in [-0.39, 0.29) is 12.4 Å². The molecular formula is C22H24N8O3. The first-order valence-corrected chi connectivity index (χ1v) is 10.3. The number of nitrogen functional groups attached to an aromatic ring is 1. The molecule has 0 aromatic carbocycles. The molecule has 1 unspecified atom stereocenters. The third-order valence-corrected chi connectivity index (χ3v) is 4.78. The fourth-order valence-electron chi connectivity index (χ4n) is 3.27. The summed E-state index contributed by atoms with van der Waals surface area (Å²) in [7, 11) is 0. The monoisotopic (exact) mass is 448 g/mol. The first-order chi connectivity index (χ1) is 15.8. The lowest BCUT2D eigenvalue weighted by Crippen LogP contribution is -2.19. The van der Waals surface area contributed by atoms with Gasteiger partial charge in [-0.2, -0.15) is 0 Å². The minimum absolute atomic E-state index is 0.119. The SMILES string of the molecule is CCn1c(-c2nonc2N)nc2c(C#CC(C)(C)O)nc(OC(CN)c3cccnc3)cc21. The Bertz CT molecular complexity index is 1330. The highest BCUT2D eigenvalue weighted by atomic mass is 16.6. The topological polar surface area (TPSA) is 164 Å². The Morgan fingerprint density at radius 3 is 2.73 bits per heavy atom. The van der Waals surface area contributed by atoms with Gasteiger partial charge in [-0.3, -0.25) is 4.98 Å². The fourth-order valence-corrected chi connectivity index (χ4v) is 3.27. The number of aryl methyl sites for hydroxylation is 1. The quantitative estimate of drug-likeness (QED) is 0.370. The Labute approximate surface area is 189 Å². The first-order valence-electron chi connectivity index (χ1n) is 10.3. The van der Waals surface area contributed by atoms with Gasteiger partial charge in [-0.15, -0.1) is 0 Å². The van der Waals surface area contributed by atoms with Gasteiger partial charge in [-0.1, -0.05) is 12.0 Å². The molecule has 1 atom stereocenters. The first kappa shape index (κ1) is 22.2. The third-order valence-electron chi connectivity index (χ3n) is 4.78. The minimum Gasteiger partial charge on any atom is -0.468 e. The van der Waals surface area contributed by atoms with Crippen LogP contribution in [0.25, 0.3) is 22.6 Å². The van der Waals surface area contributed by atoms with Crippen molar-refractivity contribution in [2.24, 2.45) is 5.73 Å². The molecule has 0 spiro atoms. The second-order valence-electron chi connectivity index (χ2n) is 7.79. The van der Waals surface area contributed by atoms with E-state index in [4.69, 9.17) is 20.8 Å². The molecule has 4 aromatic heterocycles. The molecule has 33 heavy (non-hydrogen) atoms. The maximum Gasteiger partial charge on any atom is 0.217 e. The van der Waals surface area contributed by atoms with Crippen LogP contribution in [-0.2, 0) is 6.54 Å². The van der Waals surface area contributed by atoms with Gasteiger partial charge in [0.15, 0.2) is 17.3 Å². The fraction of sp³-hybridized carbons (Fsp3) is 0.318. The smallest absolute Gasteiger partial charge is 0.217 e. The molecule has 0 aliphatic heterocycles. The van der Waals surface area contributed by atoms with E-state index >= 15 is 0 Å². The Morgan fingerprint density at radius 1 is 1.30 bits per heavy atom. The van der Waals surface area contributed by atoms with Crippen LogP contribution in [0.15, 0.2) is 35.2 Å². The molecule has 0 aliphatic carbocycles. The summed E-state index contributed by atoms with van der Waals surface area (Å²) in [6.45, 7) is 5.89. The van der Waals surface area contributed by atoms with Crippen molar-refractivity contribution >= 4 is 16.9 Å². The highest BCUT2D eigenvalue weighted by Gasteiger charge is 2.22. The number of ether oxygens (including phenoxy) is 1. The van der Waals surface area contributed by atoms with Crippen molar-refractivity contribution < 1.29 is 14.5 Å². The van der Waals surface area contributed by atoms with Crippen molar-refractivity contribution in [3.63, 3.8) is 0 Å². The number of imidazole rings is 1. The van der Waals surface area contributed by atoms with Gasteiger partial charge in [0, 0.05) is 37.1 Å². The second-order valence-corrected chi connectivity index (χ2v) is 7.79. The molecule has 0 radical (unpaired) electrons. The number of anilines is 1. The summed E-state index contributed by atoms with van der Waals surface area (Å²) in [5, 5.41) is 17.6. The number of hydrogen-bond acceptors (Lipinski definition) is 10. The molecule has 0 aliphatic rings. The van der Waals surface area contributed by atoms with Crippen molar-refractivity contribution in [3.8, 4) is 29.2 Å². The van der Waals surface area contributed by atoms with E-state index in [9.17, 15) is 5.11 Å². The summed E-state index contributed by atoms with van der Waals surface area (Å²) < 4.78 is 12.8. The Balaban J connectivity index is 1.89. The lowest BCUT2D eigenvalue weighted by Gasteiger charge is -2.17. The van der Waals surface area contributed by atoms with Crippen LogP contribution in [-0.4, -0.2) is 47.1 Å². The number of fused-ring (bicyclic) bond motifs is 1. The van der Waals surface area contributed by atoms with Crippen LogP contribution >= 0.6 is 0 Å². The van der Waals surface area contributed by atoms with Gasteiger partial charge in [0.25, 0.3) is 0 Å². The van der Waals surface area contributed by atoms with Crippen molar-refractivity contribution in [3.05, 3.63) is 41.9 Å². The molecule has 0 saturated carbocycles. The van der Waals surface area contributed by atoms with E-state index in [0.717, 1.165) is 5.56 Å². The van der Waals surface area contributed by atoms with E-state index in [1.165, 1.54) is 0 Å². The van der Waals surface area contributed by atoms with Gasteiger partial charge in [-0.25, -0.2) is 14.6 Å². The van der Waals surface area contributed by atoms with E-state index in [2.05, 4.69) is 37.1 Å². The van der Waals surface area contributed by atoms with E-state index < -0.39 is 11.7 Å². The zero-order valence-electron chi connectivity index (χ0n) is 18.5. The molecule has 0 saturated heterocycles. The molecule has 5 N–H and O–H groups in total. The molecule has 0 fully saturated rings. The number of nitrogens with two attached hydrogens (primary N) is 2. The predicted molar refractivity (Wildman–Crippen MR) is 121 cm³/mol. The molecule has 4 aromatic rings. The number of aliphatic hydroxyl groups is 1. The largest absolute Gasteiger partial charge is 0.468 e. The molecule has 0 amide bonds. The van der Waals surface area contributed by atoms with Crippen LogP contribution in [0.5, 0.6) is 5.88 Å². The Hall–Kier alpha value is -4.01. The summed E-state index contributed by atoms with van der Waals surface area (Å²) in [4.78, 5) is 13.4. The van der Waals surface area contributed by atoms with Gasteiger partial charge in [-0.05, 0) is 43.1 Å². The maximum absolute atomic E-state index is 10.1. The molecule has 11 nitrogen and oxygen atoms in total. The van der Waals surface area contributed by atoms with Gasteiger partial charge < -0.3 is 25.9 Å². The normalized spacial score (nSPS) is 12.4. The van der Waals surface area contributed by atoms with Gasteiger partial charge >= 0.3 is 0 Å². The van der Waals surface area contributed by atoms with E-state index in [0.29, 0.717) is 40.7 Å². The van der Waals surface area contributed by atoms with Gasteiger partial charge in [0.1, 0.15) is 22.9 Å². The van der Waals surface area contributed by atoms with Gasteiger partial charge in [0.05, 0.1) is 5.52 Å². The number of hydrogen-bond donors (Lipinski definition) is 3. The highest BCUT2D eigenvalue weighted by molar-refractivity contribution is 5.86. The van der Waals surface area contributed by atoms with Gasteiger partial charge in [0.2, 0.25) is 5.88 Å². The van der Waals surface area contributed by atoms with Crippen LogP contribution < -0.4 is 16.2 Å². The predicted octanol–water partition coefficient (Wildman–Crippen LogP) is 1.68. The number of rotatable bonds is 6. The Morgan fingerprint density at radius 2 is 2.12 bits per heavy atom.